The van der Waals surface area contributed by atoms with E-state index < -0.39 is 18.3 Å². The van der Waals surface area contributed by atoms with Crippen molar-refractivity contribution in [3.05, 3.63) is 181 Å². The fourth-order valence-electron chi connectivity index (χ4n) is 9.44. The second-order valence-corrected chi connectivity index (χ2v) is 31.1. The van der Waals surface area contributed by atoms with E-state index in [4.69, 9.17) is 27.4 Å². The van der Waals surface area contributed by atoms with Crippen LogP contribution in [0.15, 0.2) is 149 Å². The minimum absolute atomic E-state index is 0. The van der Waals surface area contributed by atoms with Gasteiger partial charge < -0.3 is 0 Å². The number of hydrogen-bond acceptors (Lipinski definition) is 0. The van der Waals surface area contributed by atoms with Crippen molar-refractivity contribution < 1.29 is 18.3 Å². The Kier molecular flexibility index (Phi) is 11.7. The molecule has 2 aliphatic rings. The summed E-state index contributed by atoms with van der Waals surface area (Å²) in [6.45, 7) is 14.1. The summed E-state index contributed by atoms with van der Waals surface area (Å²) in [5, 5.41) is 1.45. The second-order valence-electron chi connectivity index (χ2n) is 17.5. The molecule has 0 saturated carbocycles. The predicted octanol–water partition coefficient (Wildman–Crippen LogP) is 13.6. The van der Waals surface area contributed by atoms with E-state index in [1.54, 1.807) is 0 Å². The molecule has 0 N–H and O–H groups in total. The number of fused-ring (bicyclic) bond motifs is 3. The van der Waals surface area contributed by atoms with Gasteiger partial charge >= 0.3 is 335 Å². The zero-order valence-electron chi connectivity index (χ0n) is 33.1. The molecule has 6 aromatic carbocycles. The predicted molar refractivity (Wildman–Crippen MR) is 248 cm³/mol. The molecular weight excluding hydrogens is 846 g/mol. The Labute approximate surface area is 357 Å². The van der Waals surface area contributed by atoms with Gasteiger partial charge in [-0.1, -0.05) is 0 Å². The number of rotatable bonds is 6. The minimum atomic E-state index is -5.25. The van der Waals surface area contributed by atoms with Crippen LogP contribution < -0.4 is 9.81 Å². The van der Waals surface area contributed by atoms with E-state index in [-0.39, 0.29) is 35.6 Å². The van der Waals surface area contributed by atoms with Gasteiger partial charge in [0.25, 0.3) is 0 Å². The third kappa shape index (κ3) is 6.80. The Morgan fingerprint density at radius 2 is 1.07 bits per heavy atom. The average Bonchev–Trinajstić information content (AvgIpc) is 3.83. The molecule has 2 aliphatic carbocycles. The molecule has 8 rings (SSSR count). The molecule has 286 valence electrons. The molecule has 5 heteroatoms. The van der Waals surface area contributed by atoms with Crippen LogP contribution in [-0.2, 0) is 35.5 Å². The number of halogens is 4. The van der Waals surface area contributed by atoms with Crippen molar-refractivity contribution in [2.75, 3.05) is 0 Å². The first-order valence-corrected chi connectivity index (χ1v) is 26.5. The molecule has 0 aliphatic heterocycles. The van der Waals surface area contributed by atoms with Gasteiger partial charge in [0.1, 0.15) is 0 Å². The van der Waals surface area contributed by atoms with E-state index in [0.29, 0.717) is 0 Å². The fraction of sp³-hybridized carbons (Fsp3) is 0.196. The number of benzene rings is 6. The van der Waals surface area contributed by atoms with Crippen molar-refractivity contribution >= 4 is 62.0 Å². The summed E-state index contributed by atoms with van der Waals surface area (Å²) in [6, 6.07) is 47.0. The monoisotopic (exact) mass is 892 g/mol. The summed E-state index contributed by atoms with van der Waals surface area (Å²) in [7, 11) is 0. The quantitative estimate of drug-likeness (QED) is 0.156. The summed E-state index contributed by atoms with van der Waals surface area (Å²) in [5.41, 5.74) is 13.1. The van der Waals surface area contributed by atoms with Crippen LogP contribution in [0.3, 0.4) is 0 Å². The van der Waals surface area contributed by atoms with Crippen molar-refractivity contribution in [2.45, 2.75) is 65.2 Å². The van der Waals surface area contributed by atoms with Crippen LogP contribution in [0.1, 0.15) is 70.2 Å². The van der Waals surface area contributed by atoms with Crippen molar-refractivity contribution in [2.24, 2.45) is 0 Å². The van der Waals surface area contributed by atoms with Crippen LogP contribution in [0.2, 0.25) is 10.0 Å². The molecule has 56 heavy (non-hydrogen) atoms. The molecule has 0 amide bonds. The Hall–Kier alpha value is -3.29. The van der Waals surface area contributed by atoms with Crippen molar-refractivity contribution in [1.82, 2.24) is 0 Å². The van der Waals surface area contributed by atoms with E-state index in [0.717, 1.165) is 22.9 Å². The SMILES string of the molecule is Cl.Cl.[CH2]=[Zr]([C]1=CC=CC1)([c]1ccc(Cl)cc1)([c]1ccc(Cl)cc1)[c]1c2c(cc(C(C)(C)C)c1-c1ccccc1)-c1cc(C(C)(C)C)c(-c3ccccc3)cc1C2. The molecule has 0 bridgehead atoms. The molecule has 0 atom stereocenters. The second kappa shape index (κ2) is 15.5. The van der Waals surface area contributed by atoms with Crippen LogP contribution in [0.5, 0.6) is 0 Å². The van der Waals surface area contributed by atoms with Gasteiger partial charge in [0.2, 0.25) is 0 Å². The molecule has 0 spiro atoms. The topological polar surface area (TPSA) is 0 Å². The first kappa shape index (κ1) is 42.3. The maximum atomic E-state index is 6.72. The van der Waals surface area contributed by atoms with Gasteiger partial charge in [-0.15, -0.1) is 24.8 Å². The Balaban J connectivity index is 0.00000266. The van der Waals surface area contributed by atoms with Gasteiger partial charge in [-0.25, -0.2) is 0 Å². The summed E-state index contributed by atoms with van der Waals surface area (Å²) in [4.78, 5) is 0. The van der Waals surface area contributed by atoms with Gasteiger partial charge in [0.05, 0.1) is 0 Å². The zero-order chi connectivity index (χ0) is 38.1. The molecule has 0 fully saturated rings. The molecule has 0 radical (unpaired) electrons. The van der Waals surface area contributed by atoms with E-state index in [1.165, 1.54) is 68.7 Å². The molecular formula is C51H50Cl4Zr. The van der Waals surface area contributed by atoms with Crippen molar-refractivity contribution in [3.8, 4) is 33.4 Å². The summed E-state index contributed by atoms with van der Waals surface area (Å²) in [6.07, 6.45) is 8.62. The Bertz CT molecular complexity index is 2500. The van der Waals surface area contributed by atoms with Crippen LogP contribution in [0.4, 0.5) is 0 Å². The first-order chi connectivity index (χ1) is 25.7. The maximum absolute atomic E-state index is 6.72. The summed E-state index contributed by atoms with van der Waals surface area (Å²) >= 11 is 8.20. The van der Waals surface area contributed by atoms with E-state index in [2.05, 4.69) is 187 Å². The average molecular weight is 896 g/mol. The first-order valence-electron chi connectivity index (χ1n) is 19.1. The third-order valence-electron chi connectivity index (χ3n) is 12.1. The van der Waals surface area contributed by atoms with Crippen molar-refractivity contribution in [1.29, 1.82) is 0 Å². The normalized spacial score (nSPS) is 13.7. The van der Waals surface area contributed by atoms with Gasteiger partial charge in [0, 0.05) is 0 Å². The van der Waals surface area contributed by atoms with Crippen LogP contribution >= 0.6 is 48.0 Å². The number of hydrogen-bond donors (Lipinski definition) is 0. The molecule has 0 heterocycles. The van der Waals surface area contributed by atoms with Gasteiger partial charge in [-0.05, 0) is 0 Å². The molecule has 0 nitrogen and oxygen atoms in total. The molecule has 0 aromatic heterocycles. The van der Waals surface area contributed by atoms with Gasteiger partial charge in [-0.2, -0.15) is 0 Å². The van der Waals surface area contributed by atoms with Crippen LogP contribution in [0.25, 0.3) is 33.4 Å². The Morgan fingerprint density at radius 1 is 0.571 bits per heavy atom. The van der Waals surface area contributed by atoms with Gasteiger partial charge in [0.15, 0.2) is 0 Å². The number of allylic oxidation sites excluding steroid dienone is 4. The summed E-state index contributed by atoms with van der Waals surface area (Å²) in [5.74, 6) is 0. The third-order valence-corrected chi connectivity index (χ3v) is 29.0. The molecule has 0 saturated heterocycles. The van der Waals surface area contributed by atoms with E-state index in [1.807, 2.05) is 0 Å². The summed E-state index contributed by atoms with van der Waals surface area (Å²) < 4.78 is 11.2. The van der Waals surface area contributed by atoms with E-state index >= 15 is 0 Å². The van der Waals surface area contributed by atoms with E-state index in [9.17, 15) is 0 Å². The molecule has 0 unspecified atom stereocenters. The Morgan fingerprint density at radius 3 is 1.55 bits per heavy atom. The van der Waals surface area contributed by atoms with Crippen molar-refractivity contribution in [3.63, 3.8) is 0 Å². The zero-order valence-corrected chi connectivity index (χ0v) is 38.7. The fourth-order valence-corrected chi connectivity index (χ4v) is 25.7. The van der Waals surface area contributed by atoms with Crippen LogP contribution in [0, 0.1) is 0 Å². The van der Waals surface area contributed by atoms with Gasteiger partial charge in [-0.3, -0.25) is 0 Å². The molecule has 6 aromatic rings. The van der Waals surface area contributed by atoms with Crippen LogP contribution in [-0.4, -0.2) is 4.21 Å². The standard InChI is InChI=1S/C33H33.2C6H4Cl.C5H5.CH2.2ClH.Zr/c1-32(2,3)30-20-26-24(18-28(30)22-13-9-7-10-14-22)17-25-19-29(23-15-11-8-12-16-23)31(21-27(25)26)33(4,5)6;2*7-6-4-2-1-3-5-6;1-2-4-5-3-1;;;;/h7-16,18,20-21H,17H2,1-6H3;2*2-5H;1-3H,4H2;1H2;2*1H;.